The van der Waals surface area contributed by atoms with Crippen molar-refractivity contribution < 1.29 is 14.5 Å². The molecule has 6 nitrogen and oxygen atoms in total. The Balaban J connectivity index is 2.09. The number of nitrogens with zero attached hydrogens (tertiary/aromatic N) is 2. The van der Waals surface area contributed by atoms with Crippen LogP contribution in [-0.2, 0) is 17.8 Å². The third kappa shape index (κ3) is 3.83. The Morgan fingerprint density at radius 2 is 2.27 bits per heavy atom. The molecule has 0 saturated carbocycles. The van der Waals surface area contributed by atoms with Crippen LogP contribution in [0.5, 0.6) is 0 Å². The van der Waals surface area contributed by atoms with Crippen LogP contribution in [0.15, 0.2) is 28.5 Å². The molecular formula is C14H14N2O4S2. The van der Waals surface area contributed by atoms with Gasteiger partial charge in [-0.15, -0.1) is 23.1 Å². The topological polar surface area (TPSA) is 82.3 Å². The summed E-state index contributed by atoms with van der Waals surface area (Å²) in [4.78, 5) is 27.3. The predicted octanol–water partition coefficient (Wildman–Crippen LogP) is 3.69. The summed E-state index contributed by atoms with van der Waals surface area (Å²) in [7, 11) is 0. The van der Waals surface area contributed by atoms with E-state index in [0.717, 1.165) is 11.4 Å². The molecule has 0 N–H and O–H groups in total. The van der Waals surface area contributed by atoms with Gasteiger partial charge in [0.2, 0.25) is 0 Å². The molecular weight excluding hydrogens is 324 g/mol. The van der Waals surface area contributed by atoms with Crippen LogP contribution in [0.25, 0.3) is 0 Å². The molecule has 1 aromatic carbocycles. The highest BCUT2D eigenvalue weighted by molar-refractivity contribution is 7.98. The van der Waals surface area contributed by atoms with Crippen LogP contribution in [-0.4, -0.2) is 22.1 Å². The van der Waals surface area contributed by atoms with Crippen molar-refractivity contribution in [3.05, 3.63) is 50.0 Å². The van der Waals surface area contributed by atoms with Gasteiger partial charge in [-0.25, -0.2) is 9.78 Å². The first kappa shape index (κ1) is 16.4. The van der Waals surface area contributed by atoms with Crippen LogP contribution in [0.4, 0.5) is 5.69 Å². The van der Waals surface area contributed by atoms with E-state index >= 15 is 0 Å². The maximum absolute atomic E-state index is 12.0. The molecule has 0 spiro atoms. The van der Waals surface area contributed by atoms with Crippen molar-refractivity contribution in [3.63, 3.8) is 0 Å². The maximum Gasteiger partial charge on any atom is 0.338 e. The lowest BCUT2D eigenvalue weighted by Gasteiger charge is -2.05. The number of hydrogen-bond acceptors (Lipinski definition) is 7. The molecule has 0 atom stereocenters. The second-order valence-corrected chi connectivity index (χ2v) is 6.10. The van der Waals surface area contributed by atoms with Gasteiger partial charge in [0.05, 0.1) is 26.1 Å². The third-order valence-electron chi connectivity index (χ3n) is 2.86. The van der Waals surface area contributed by atoms with Crippen LogP contribution < -0.4 is 0 Å². The average molecular weight is 338 g/mol. The van der Waals surface area contributed by atoms with Gasteiger partial charge in [0.15, 0.2) is 0 Å². The highest BCUT2D eigenvalue weighted by Crippen LogP contribution is 2.28. The van der Waals surface area contributed by atoms with Crippen molar-refractivity contribution in [1.29, 1.82) is 0 Å². The fraction of sp³-hybridized carbons (Fsp3) is 0.286. The normalized spacial score (nSPS) is 10.5. The van der Waals surface area contributed by atoms with Crippen molar-refractivity contribution in [3.8, 4) is 0 Å². The maximum atomic E-state index is 12.0. The summed E-state index contributed by atoms with van der Waals surface area (Å²) in [5, 5.41) is 13.8. The van der Waals surface area contributed by atoms with Gasteiger partial charge in [-0.3, -0.25) is 10.1 Å². The van der Waals surface area contributed by atoms with Crippen molar-refractivity contribution in [2.24, 2.45) is 0 Å². The van der Waals surface area contributed by atoms with Gasteiger partial charge in [0, 0.05) is 11.4 Å². The first-order valence-corrected chi connectivity index (χ1v) is 8.58. The fourth-order valence-corrected chi connectivity index (χ4v) is 3.04. The average Bonchev–Trinajstić information content (AvgIpc) is 2.99. The molecule has 0 aliphatic heterocycles. The highest BCUT2D eigenvalue weighted by atomic mass is 32.2. The van der Waals surface area contributed by atoms with Gasteiger partial charge >= 0.3 is 5.97 Å². The number of aromatic nitrogens is 1. The molecule has 1 heterocycles. The molecule has 2 rings (SSSR count). The number of ether oxygens (including phenoxy) is 1. The number of thioether (sulfide) groups is 1. The zero-order chi connectivity index (χ0) is 16.1. The summed E-state index contributed by atoms with van der Waals surface area (Å²) in [5.41, 5.74) is 0.754. The summed E-state index contributed by atoms with van der Waals surface area (Å²) in [5.74, 6) is -0.596. The van der Waals surface area contributed by atoms with Gasteiger partial charge in [0.25, 0.3) is 5.69 Å². The summed E-state index contributed by atoms with van der Waals surface area (Å²) in [6, 6.07) is 4.32. The second kappa shape index (κ2) is 7.37. The zero-order valence-corrected chi connectivity index (χ0v) is 13.7. The van der Waals surface area contributed by atoms with E-state index in [9.17, 15) is 14.9 Å². The van der Waals surface area contributed by atoms with Gasteiger partial charge < -0.3 is 4.74 Å². The summed E-state index contributed by atoms with van der Waals surface area (Å²) < 4.78 is 5.16. The van der Waals surface area contributed by atoms with Gasteiger partial charge in [-0.05, 0) is 24.8 Å². The van der Waals surface area contributed by atoms with E-state index in [1.165, 1.54) is 35.2 Å². The molecule has 0 unspecified atom stereocenters. The molecule has 8 heteroatoms. The Labute approximate surface area is 135 Å². The van der Waals surface area contributed by atoms with Crippen molar-refractivity contribution in [2.75, 3.05) is 6.26 Å². The standard InChI is InChI=1S/C14H14N2O4S2/c1-3-13-15-10(8-22-13)7-20-14(17)9-4-5-12(21-2)11(6-9)16(18)19/h4-6,8H,3,7H2,1-2H3. The minimum atomic E-state index is -0.596. The minimum absolute atomic E-state index is 0.0629. The molecule has 1 aromatic heterocycles. The molecule has 2 aromatic rings. The molecule has 22 heavy (non-hydrogen) atoms. The van der Waals surface area contributed by atoms with E-state index in [1.807, 2.05) is 12.3 Å². The Kier molecular flexibility index (Phi) is 5.51. The number of carbonyl (C=O) groups excluding carboxylic acids is 1. The molecule has 0 amide bonds. The number of aryl methyl sites for hydroxylation is 1. The van der Waals surface area contributed by atoms with E-state index in [-0.39, 0.29) is 17.9 Å². The summed E-state index contributed by atoms with van der Waals surface area (Å²) in [6.07, 6.45) is 2.58. The molecule has 116 valence electrons. The molecule has 0 aliphatic carbocycles. The number of rotatable bonds is 6. The molecule has 0 radical (unpaired) electrons. The van der Waals surface area contributed by atoms with Gasteiger partial charge in [-0.2, -0.15) is 0 Å². The predicted molar refractivity (Wildman–Crippen MR) is 85.5 cm³/mol. The van der Waals surface area contributed by atoms with E-state index in [4.69, 9.17) is 4.74 Å². The minimum Gasteiger partial charge on any atom is -0.456 e. The largest absolute Gasteiger partial charge is 0.456 e. The monoisotopic (exact) mass is 338 g/mol. The molecule has 0 fully saturated rings. The van der Waals surface area contributed by atoms with Crippen LogP contribution in [0, 0.1) is 10.1 Å². The van der Waals surface area contributed by atoms with E-state index in [1.54, 1.807) is 12.3 Å². The van der Waals surface area contributed by atoms with Crippen LogP contribution in [0.2, 0.25) is 0 Å². The molecule has 0 aliphatic rings. The fourth-order valence-electron chi connectivity index (χ4n) is 1.76. The lowest BCUT2D eigenvalue weighted by molar-refractivity contribution is -0.387. The Hall–Kier alpha value is -1.93. The van der Waals surface area contributed by atoms with Crippen LogP contribution in [0.3, 0.4) is 0 Å². The highest BCUT2D eigenvalue weighted by Gasteiger charge is 2.18. The SMILES string of the molecule is CCc1nc(COC(=O)c2ccc(SC)c([N+](=O)[O-])c2)cs1. The Morgan fingerprint density at radius 3 is 2.86 bits per heavy atom. The number of nitro benzene ring substituents is 1. The number of nitro groups is 1. The molecule has 0 bridgehead atoms. The second-order valence-electron chi connectivity index (χ2n) is 4.31. The number of benzene rings is 1. The number of carbonyl (C=O) groups is 1. The quantitative estimate of drug-likeness (QED) is 0.346. The number of esters is 1. The van der Waals surface area contributed by atoms with Crippen molar-refractivity contribution in [2.45, 2.75) is 24.8 Å². The van der Waals surface area contributed by atoms with Crippen LogP contribution >= 0.6 is 23.1 Å². The van der Waals surface area contributed by atoms with Crippen molar-refractivity contribution in [1.82, 2.24) is 4.98 Å². The van der Waals surface area contributed by atoms with E-state index < -0.39 is 10.9 Å². The Bertz CT molecular complexity index is 700. The number of hydrogen-bond donors (Lipinski definition) is 0. The summed E-state index contributed by atoms with van der Waals surface area (Å²) >= 11 is 2.77. The Morgan fingerprint density at radius 1 is 1.50 bits per heavy atom. The smallest absolute Gasteiger partial charge is 0.338 e. The van der Waals surface area contributed by atoms with Gasteiger partial charge in [0.1, 0.15) is 6.61 Å². The summed E-state index contributed by atoms with van der Waals surface area (Å²) in [6.45, 7) is 2.06. The zero-order valence-electron chi connectivity index (χ0n) is 12.1. The first-order chi connectivity index (χ1) is 10.5. The first-order valence-electron chi connectivity index (χ1n) is 6.48. The van der Waals surface area contributed by atoms with E-state index in [0.29, 0.717) is 10.6 Å². The third-order valence-corrected chi connectivity index (χ3v) is 4.69. The van der Waals surface area contributed by atoms with E-state index in [2.05, 4.69) is 4.98 Å². The number of thiazole rings is 1. The van der Waals surface area contributed by atoms with Crippen LogP contribution in [0.1, 0.15) is 28.0 Å². The lowest BCUT2D eigenvalue weighted by Crippen LogP contribution is -2.06. The lowest BCUT2D eigenvalue weighted by atomic mass is 10.2. The van der Waals surface area contributed by atoms with Gasteiger partial charge in [-0.1, -0.05) is 6.92 Å². The molecule has 0 saturated heterocycles. The van der Waals surface area contributed by atoms with Crippen molar-refractivity contribution >= 4 is 34.8 Å².